The number of carbonyl (C=O) groups is 1. The molecule has 0 radical (unpaired) electrons. The largest absolute Gasteiger partial charge is 0.465 e. The molecule has 2 aromatic rings. The molecule has 96 valence electrons. The zero-order valence-corrected chi connectivity index (χ0v) is 10.3. The molecule has 0 bridgehead atoms. The molecule has 0 N–H and O–H groups in total. The average molecular weight is 252 g/mol. The van der Waals surface area contributed by atoms with Crippen molar-refractivity contribution in [3.63, 3.8) is 0 Å². The molecule has 0 amide bonds. The summed E-state index contributed by atoms with van der Waals surface area (Å²) in [6, 6.07) is 1.03. The Hall–Kier alpha value is -2.31. The van der Waals surface area contributed by atoms with Gasteiger partial charge in [-0.25, -0.2) is 14.2 Å². The van der Waals surface area contributed by atoms with E-state index in [0.29, 0.717) is 0 Å². The Balaban J connectivity index is 0.000000771. The molecular formula is C11H13FN4O2. The number of hydrogen-bond donors (Lipinski definition) is 0. The highest BCUT2D eigenvalue weighted by Gasteiger charge is 2.12. The number of ether oxygens (including phenoxy) is 1. The van der Waals surface area contributed by atoms with E-state index in [1.54, 1.807) is 0 Å². The van der Waals surface area contributed by atoms with Crippen molar-refractivity contribution in [3.05, 3.63) is 36.0 Å². The molecule has 18 heavy (non-hydrogen) atoms. The number of pyridine rings is 1. The minimum atomic E-state index is -0.695. The molecule has 0 aliphatic rings. The summed E-state index contributed by atoms with van der Waals surface area (Å²) in [5, 5.41) is 7.46. The fourth-order valence-electron chi connectivity index (χ4n) is 1.13. The molecule has 0 spiro atoms. The van der Waals surface area contributed by atoms with Crippen LogP contribution in [0.25, 0.3) is 5.82 Å². The normalized spacial score (nSPS) is 9.33. The molecule has 0 fully saturated rings. The number of methoxy groups -OCH3 is 1. The van der Waals surface area contributed by atoms with E-state index in [4.69, 9.17) is 0 Å². The highest BCUT2D eigenvalue weighted by Crippen LogP contribution is 2.10. The van der Waals surface area contributed by atoms with Crippen LogP contribution in [0.2, 0.25) is 0 Å². The molecule has 0 saturated carbocycles. The van der Waals surface area contributed by atoms with Crippen molar-refractivity contribution < 1.29 is 13.9 Å². The van der Waals surface area contributed by atoms with Gasteiger partial charge in [-0.2, -0.15) is 10.2 Å². The lowest BCUT2D eigenvalue weighted by atomic mass is 10.3. The third-order valence-electron chi connectivity index (χ3n) is 1.85. The molecule has 0 saturated heterocycles. The maximum atomic E-state index is 13.5. The molecule has 0 aromatic carbocycles. The van der Waals surface area contributed by atoms with Crippen LogP contribution in [0.4, 0.5) is 4.39 Å². The molecule has 0 atom stereocenters. The molecule has 0 unspecified atom stereocenters. The van der Waals surface area contributed by atoms with E-state index >= 15 is 0 Å². The van der Waals surface area contributed by atoms with Crippen molar-refractivity contribution in [2.45, 2.75) is 13.8 Å². The number of carbonyl (C=O) groups excluding carboxylic acids is 1. The van der Waals surface area contributed by atoms with Crippen LogP contribution in [-0.2, 0) is 4.74 Å². The van der Waals surface area contributed by atoms with Crippen molar-refractivity contribution in [1.29, 1.82) is 0 Å². The van der Waals surface area contributed by atoms with Crippen molar-refractivity contribution >= 4 is 5.97 Å². The Morgan fingerprint density at radius 1 is 1.33 bits per heavy atom. The predicted molar refractivity (Wildman–Crippen MR) is 61.8 cm³/mol. The minimum absolute atomic E-state index is 0.0379. The highest BCUT2D eigenvalue weighted by molar-refractivity contribution is 5.89. The molecular weight excluding hydrogens is 239 g/mol. The van der Waals surface area contributed by atoms with E-state index in [9.17, 15) is 9.18 Å². The van der Waals surface area contributed by atoms with Crippen LogP contribution in [0, 0.1) is 5.82 Å². The maximum Gasteiger partial charge on any atom is 0.339 e. The molecule has 2 rings (SSSR count). The summed E-state index contributed by atoms with van der Waals surface area (Å²) in [7, 11) is 1.21. The number of rotatable bonds is 2. The van der Waals surface area contributed by atoms with Gasteiger partial charge in [-0.3, -0.25) is 0 Å². The summed E-state index contributed by atoms with van der Waals surface area (Å²) in [6.07, 6.45) is 4.00. The van der Waals surface area contributed by atoms with Crippen molar-refractivity contribution in [2.24, 2.45) is 0 Å². The lowest BCUT2D eigenvalue weighted by Crippen LogP contribution is -2.08. The number of hydrogen-bond acceptors (Lipinski definition) is 5. The van der Waals surface area contributed by atoms with Crippen LogP contribution in [0.1, 0.15) is 24.2 Å². The van der Waals surface area contributed by atoms with Crippen LogP contribution in [0.3, 0.4) is 0 Å². The zero-order chi connectivity index (χ0) is 13.5. The average Bonchev–Trinajstić information content (AvgIpc) is 2.93. The van der Waals surface area contributed by atoms with Gasteiger partial charge in [0, 0.05) is 6.20 Å². The summed E-state index contributed by atoms with van der Waals surface area (Å²) in [5.74, 6) is -1.41. The molecule has 0 aliphatic heterocycles. The van der Waals surface area contributed by atoms with E-state index in [1.165, 1.54) is 25.7 Å². The third kappa shape index (κ3) is 2.88. The van der Waals surface area contributed by atoms with E-state index in [1.807, 2.05) is 13.8 Å². The molecule has 7 heteroatoms. The Morgan fingerprint density at radius 2 is 1.94 bits per heavy atom. The summed E-state index contributed by atoms with van der Waals surface area (Å²) in [5.41, 5.74) is 0.0379. The van der Waals surface area contributed by atoms with Gasteiger partial charge in [0.15, 0.2) is 5.82 Å². The van der Waals surface area contributed by atoms with Gasteiger partial charge in [0.2, 0.25) is 5.82 Å². The van der Waals surface area contributed by atoms with E-state index in [2.05, 4.69) is 19.9 Å². The lowest BCUT2D eigenvalue weighted by molar-refractivity contribution is 0.0599. The standard InChI is InChI=1S/C9H7FN4O2.C2H6/c1-16-9(15)6-4-7(10)8(11-5-6)14-12-2-3-13-14;1-2/h2-5H,1H3;1-2H3. The first kappa shape index (κ1) is 13.8. The van der Waals surface area contributed by atoms with Gasteiger partial charge < -0.3 is 4.74 Å². The van der Waals surface area contributed by atoms with Crippen LogP contribution in [-0.4, -0.2) is 33.1 Å². The topological polar surface area (TPSA) is 69.9 Å². The maximum absolute atomic E-state index is 13.5. The second-order valence-electron chi connectivity index (χ2n) is 2.84. The third-order valence-corrected chi connectivity index (χ3v) is 1.85. The van der Waals surface area contributed by atoms with E-state index in [0.717, 1.165) is 10.9 Å². The van der Waals surface area contributed by atoms with Crippen LogP contribution in [0.5, 0.6) is 0 Å². The molecule has 0 aliphatic carbocycles. The first-order valence-corrected chi connectivity index (χ1v) is 5.33. The van der Waals surface area contributed by atoms with Crippen LogP contribution >= 0.6 is 0 Å². The molecule has 6 nitrogen and oxygen atoms in total. The van der Waals surface area contributed by atoms with Gasteiger partial charge in [0.1, 0.15) is 0 Å². The van der Waals surface area contributed by atoms with Gasteiger partial charge in [-0.15, -0.1) is 4.80 Å². The Labute approximate surface area is 103 Å². The highest BCUT2D eigenvalue weighted by atomic mass is 19.1. The fraction of sp³-hybridized carbons (Fsp3) is 0.273. The SMILES string of the molecule is CC.COC(=O)c1cnc(-n2nccn2)c(F)c1. The van der Waals surface area contributed by atoms with E-state index in [-0.39, 0.29) is 11.4 Å². The van der Waals surface area contributed by atoms with Gasteiger partial charge >= 0.3 is 5.97 Å². The van der Waals surface area contributed by atoms with Crippen LogP contribution < -0.4 is 0 Å². The van der Waals surface area contributed by atoms with E-state index < -0.39 is 11.8 Å². The van der Waals surface area contributed by atoms with Gasteiger partial charge in [-0.05, 0) is 6.07 Å². The van der Waals surface area contributed by atoms with Gasteiger partial charge in [0.05, 0.1) is 25.1 Å². The summed E-state index contributed by atoms with van der Waals surface area (Å²) >= 11 is 0. The Kier molecular flexibility index (Phi) is 4.91. The number of halogens is 1. The summed E-state index contributed by atoms with van der Waals surface area (Å²) in [6.45, 7) is 4.00. The van der Waals surface area contributed by atoms with Crippen LogP contribution in [0.15, 0.2) is 24.7 Å². The van der Waals surface area contributed by atoms with Crippen molar-refractivity contribution in [3.8, 4) is 5.82 Å². The zero-order valence-electron chi connectivity index (χ0n) is 10.3. The predicted octanol–water partition coefficient (Wildman–Crippen LogP) is 1.61. The second kappa shape index (κ2) is 6.43. The first-order valence-electron chi connectivity index (χ1n) is 5.33. The summed E-state index contributed by atoms with van der Waals surface area (Å²) < 4.78 is 18.0. The molecule has 2 aromatic heterocycles. The van der Waals surface area contributed by atoms with Gasteiger partial charge in [-0.1, -0.05) is 13.8 Å². The Morgan fingerprint density at radius 3 is 2.44 bits per heavy atom. The lowest BCUT2D eigenvalue weighted by Gasteiger charge is -2.02. The first-order chi connectivity index (χ1) is 8.72. The smallest absolute Gasteiger partial charge is 0.339 e. The number of aromatic nitrogens is 4. The fourth-order valence-corrected chi connectivity index (χ4v) is 1.13. The number of nitrogens with zero attached hydrogens (tertiary/aromatic N) is 4. The van der Waals surface area contributed by atoms with Crippen molar-refractivity contribution in [2.75, 3.05) is 7.11 Å². The minimum Gasteiger partial charge on any atom is -0.465 e. The quantitative estimate of drug-likeness (QED) is 0.759. The second-order valence-corrected chi connectivity index (χ2v) is 2.84. The Bertz CT molecular complexity index is 514. The monoisotopic (exact) mass is 252 g/mol. The number of esters is 1. The summed E-state index contributed by atoms with van der Waals surface area (Å²) in [4.78, 5) is 15.9. The van der Waals surface area contributed by atoms with Crippen molar-refractivity contribution in [1.82, 2.24) is 20.0 Å². The molecule has 2 heterocycles. The van der Waals surface area contributed by atoms with Gasteiger partial charge in [0.25, 0.3) is 0 Å².